The number of para-hydroxylation sites is 1. The van der Waals surface area contributed by atoms with Crippen LogP contribution in [0.15, 0.2) is 30.3 Å². The quantitative estimate of drug-likeness (QED) is 0.761. The Balaban J connectivity index is 2.33. The van der Waals surface area contributed by atoms with Gasteiger partial charge in [0.15, 0.2) is 11.6 Å². The lowest BCUT2D eigenvalue weighted by molar-refractivity contribution is -0.119. The highest BCUT2D eigenvalue weighted by Gasteiger charge is 2.17. The Morgan fingerprint density at radius 3 is 1.86 bits per heavy atom. The van der Waals surface area contributed by atoms with E-state index in [0.717, 1.165) is 0 Å². The third-order valence-electron chi connectivity index (χ3n) is 2.43. The van der Waals surface area contributed by atoms with Crippen LogP contribution in [0.1, 0.15) is 13.8 Å². The third kappa shape index (κ3) is 3.88. The molecule has 0 amide bonds. The zero-order valence-corrected chi connectivity index (χ0v) is 11.8. The molecule has 0 N–H and O–H groups in total. The summed E-state index contributed by atoms with van der Waals surface area (Å²) in [6, 6.07) is 9.41. The molecule has 0 fully saturated rings. The first-order valence-electron chi connectivity index (χ1n) is 6.33. The summed E-state index contributed by atoms with van der Waals surface area (Å²) in [7, 11) is 0. The molecule has 110 valence electrons. The van der Waals surface area contributed by atoms with Crippen LogP contribution in [-0.2, 0) is 9.59 Å². The molecule has 21 heavy (non-hydrogen) atoms. The van der Waals surface area contributed by atoms with Gasteiger partial charge in [-0.15, -0.1) is 0 Å². The van der Waals surface area contributed by atoms with Gasteiger partial charge in [0.1, 0.15) is 13.2 Å². The van der Waals surface area contributed by atoms with E-state index in [1.807, 2.05) is 30.3 Å². The molecule has 0 saturated heterocycles. The van der Waals surface area contributed by atoms with Gasteiger partial charge in [0.05, 0.1) is 5.69 Å². The molecule has 0 aliphatic carbocycles. The second kappa shape index (κ2) is 6.65. The molecule has 2 aromatic rings. The predicted octanol–water partition coefficient (Wildman–Crippen LogP) is 1.20. The summed E-state index contributed by atoms with van der Waals surface area (Å²) in [4.78, 5) is 22.1. The van der Waals surface area contributed by atoms with E-state index >= 15 is 0 Å². The maximum Gasteiger partial charge on any atom is 0.325 e. The van der Waals surface area contributed by atoms with Crippen molar-refractivity contribution in [1.82, 2.24) is 14.8 Å². The van der Waals surface area contributed by atoms with Crippen LogP contribution in [0.3, 0.4) is 0 Å². The van der Waals surface area contributed by atoms with Crippen LogP contribution in [0.5, 0.6) is 12.0 Å². The van der Waals surface area contributed by atoms with Crippen molar-refractivity contribution in [3.8, 4) is 17.7 Å². The van der Waals surface area contributed by atoms with E-state index in [1.54, 1.807) is 0 Å². The smallest absolute Gasteiger partial charge is 0.325 e. The number of hydrogen-bond donors (Lipinski definition) is 0. The topological polar surface area (TPSA) is 83.3 Å². The largest absolute Gasteiger partial charge is 0.455 e. The number of Topliss-reactive ketones (excluding diaryl/α,β-unsaturated/α-hetero) is 2. The van der Waals surface area contributed by atoms with Crippen LogP contribution in [0.4, 0.5) is 0 Å². The van der Waals surface area contributed by atoms with Crippen molar-refractivity contribution in [1.29, 1.82) is 0 Å². The summed E-state index contributed by atoms with van der Waals surface area (Å²) in [5, 5.41) is 7.69. The van der Waals surface area contributed by atoms with Crippen LogP contribution < -0.4 is 9.47 Å². The van der Waals surface area contributed by atoms with Crippen molar-refractivity contribution in [2.24, 2.45) is 0 Å². The maximum atomic E-state index is 11.0. The van der Waals surface area contributed by atoms with E-state index < -0.39 is 0 Å². The Kier molecular flexibility index (Phi) is 4.65. The van der Waals surface area contributed by atoms with Gasteiger partial charge in [0, 0.05) is 0 Å². The van der Waals surface area contributed by atoms with Gasteiger partial charge in [0.2, 0.25) is 0 Å². The fourth-order valence-electron chi connectivity index (χ4n) is 1.57. The van der Waals surface area contributed by atoms with Crippen molar-refractivity contribution in [3.05, 3.63) is 30.3 Å². The van der Waals surface area contributed by atoms with Crippen molar-refractivity contribution in [2.75, 3.05) is 13.2 Å². The lowest BCUT2D eigenvalue weighted by atomic mass is 10.3. The fraction of sp³-hybridized carbons (Fsp3) is 0.286. The molecular formula is C14H15N3O4. The van der Waals surface area contributed by atoms with Crippen molar-refractivity contribution >= 4 is 11.6 Å². The SMILES string of the molecule is CC(=O)COc1nnc(OCC(C)=O)n1-c1ccccc1. The number of aromatic nitrogens is 3. The standard InChI is InChI=1S/C14H15N3O4/c1-10(18)8-20-13-15-16-14(21-9-11(2)19)17(13)12-6-4-3-5-7-12/h3-7H,8-9H2,1-2H3. The van der Waals surface area contributed by atoms with E-state index in [2.05, 4.69) is 10.2 Å². The van der Waals surface area contributed by atoms with E-state index in [4.69, 9.17) is 9.47 Å². The maximum absolute atomic E-state index is 11.0. The average Bonchev–Trinajstić information content (AvgIpc) is 2.86. The number of ketones is 2. The molecule has 0 aliphatic heterocycles. The first-order valence-corrected chi connectivity index (χ1v) is 6.33. The predicted molar refractivity (Wildman–Crippen MR) is 73.7 cm³/mol. The van der Waals surface area contributed by atoms with E-state index in [9.17, 15) is 9.59 Å². The number of carbonyl (C=O) groups is 2. The Bertz CT molecular complexity index is 601. The highest BCUT2D eigenvalue weighted by Crippen LogP contribution is 2.23. The van der Waals surface area contributed by atoms with Gasteiger partial charge >= 0.3 is 12.0 Å². The van der Waals surface area contributed by atoms with Crippen molar-refractivity contribution in [3.63, 3.8) is 0 Å². The number of carbonyl (C=O) groups excluding carboxylic acids is 2. The molecule has 0 bridgehead atoms. The van der Waals surface area contributed by atoms with Crippen LogP contribution in [-0.4, -0.2) is 39.5 Å². The summed E-state index contributed by atoms with van der Waals surface area (Å²) in [6.07, 6.45) is 0. The number of benzene rings is 1. The van der Waals surface area contributed by atoms with Gasteiger partial charge in [-0.3, -0.25) is 9.59 Å². The Morgan fingerprint density at radius 2 is 1.43 bits per heavy atom. The van der Waals surface area contributed by atoms with Gasteiger partial charge in [-0.1, -0.05) is 28.4 Å². The van der Waals surface area contributed by atoms with E-state index in [1.165, 1.54) is 18.4 Å². The number of rotatable bonds is 7. The molecule has 0 unspecified atom stereocenters. The highest BCUT2D eigenvalue weighted by atomic mass is 16.5. The molecule has 1 aromatic carbocycles. The first kappa shape index (κ1) is 14.7. The molecule has 1 aromatic heterocycles. The summed E-state index contributed by atoms with van der Waals surface area (Å²) in [5.41, 5.74) is 0.708. The molecule has 0 atom stereocenters. The number of hydrogen-bond acceptors (Lipinski definition) is 6. The summed E-state index contributed by atoms with van der Waals surface area (Å²) < 4.78 is 12.1. The van der Waals surface area contributed by atoms with Crippen molar-refractivity contribution < 1.29 is 19.1 Å². The number of ether oxygens (including phenoxy) is 2. The van der Waals surface area contributed by atoms with Gasteiger partial charge in [-0.25, -0.2) is 4.57 Å². The monoisotopic (exact) mass is 289 g/mol. The lowest BCUT2D eigenvalue weighted by Crippen LogP contribution is -2.13. The molecule has 0 spiro atoms. The first-order chi connectivity index (χ1) is 10.1. The summed E-state index contributed by atoms with van der Waals surface area (Å²) >= 11 is 0. The molecule has 2 rings (SSSR count). The fourth-order valence-corrected chi connectivity index (χ4v) is 1.57. The second-order valence-corrected chi connectivity index (χ2v) is 4.42. The van der Waals surface area contributed by atoms with Gasteiger partial charge in [0.25, 0.3) is 0 Å². The van der Waals surface area contributed by atoms with E-state index in [0.29, 0.717) is 5.69 Å². The van der Waals surface area contributed by atoms with E-state index in [-0.39, 0.29) is 36.8 Å². The highest BCUT2D eigenvalue weighted by molar-refractivity contribution is 5.77. The van der Waals surface area contributed by atoms with Crippen molar-refractivity contribution in [2.45, 2.75) is 13.8 Å². The third-order valence-corrected chi connectivity index (χ3v) is 2.43. The Morgan fingerprint density at radius 1 is 0.952 bits per heavy atom. The molecule has 0 aliphatic rings. The summed E-state index contributed by atoms with van der Waals surface area (Å²) in [5.74, 6) is -0.271. The average molecular weight is 289 g/mol. The molecule has 1 heterocycles. The minimum atomic E-state index is -0.135. The van der Waals surface area contributed by atoms with Crippen LogP contribution in [0.25, 0.3) is 5.69 Å². The molecule has 0 saturated carbocycles. The molecule has 0 radical (unpaired) electrons. The van der Waals surface area contributed by atoms with Crippen LogP contribution in [0, 0.1) is 0 Å². The number of nitrogens with zero attached hydrogens (tertiary/aromatic N) is 3. The normalized spacial score (nSPS) is 10.2. The minimum Gasteiger partial charge on any atom is -0.455 e. The summed E-state index contributed by atoms with van der Waals surface area (Å²) in [6.45, 7) is 2.60. The second-order valence-electron chi connectivity index (χ2n) is 4.42. The molecule has 7 heteroatoms. The molecule has 7 nitrogen and oxygen atoms in total. The van der Waals surface area contributed by atoms with Gasteiger partial charge in [-0.05, 0) is 26.0 Å². The van der Waals surface area contributed by atoms with Gasteiger partial charge in [-0.2, -0.15) is 0 Å². The molecular weight excluding hydrogens is 274 g/mol. The zero-order valence-electron chi connectivity index (χ0n) is 11.8. The van der Waals surface area contributed by atoms with Crippen LogP contribution in [0.2, 0.25) is 0 Å². The minimum absolute atomic E-state index is 0.113. The Labute approximate surface area is 121 Å². The lowest BCUT2D eigenvalue weighted by Gasteiger charge is -2.10. The van der Waals surface area contributed by atoms with Gasteiger partial charge < -0.3 is 9.47 Å². The zero-order chi connectivity index (χ0) is 15.2. The van der Waals surface area contributed by atoms with Crippen LogP contribution >= 0.6 is 0 Å². The Hall–Kier alpha value is -2.70.